The molecule has 1 atom stereocenters. The molecule has 6 heteroatoms. The van der Waals surface area contributed by atoms with Gasteiger partial charge in [-0.25, -0.2) is 9.97 Å². The Morgan fingerprint density at radius 1 is 1.44 bits per heavy atom. The smallest absolute Gasteiger partial charge is 0.308 e. The van der Waals surface area contributed by atoms with E-state index in [0.717, 1.165) is 0 Å². The molecule has 0 aromatic carbocycles. The lowest BCUT2D eigenvalue weighted by Crippen LogP contribution is -2.31. The Morgan fingerprint density at radius 2 is 2.00 bits per heavy atom. The van der Waals surface area contributed by atoms with E-state index in [4.69, 9.17) is 5.11 Å². The van der Waals surface area contributed by atoms with Crippen LogP contribution in [-0.2, 0) is 4.79 Å². The molecule has 0 fully saturated rings. The van der Waals surface area contributed by atoms with E-state index in [9.17, 15) is 9.59 Å². The topological polar surface area (TPSA) is 92.2 Å². The van der Waals surface area contributed by atoms with Gasteiger partial charge in [-0.05, 0) is 6.92 Å². The summed E-state index contributed by atoms with van der Waals surface area (Å²) in [7, 11) is 0. The van der Waals surface area contributed by atoms with Gasteiger partial charge in [0.05, 0.1) is 11.5 Å². The van der Waals surface area contributed by atoms with Gasteiger partial charge in [0.25, 0.3) is 5.91 Å². The van der Waals surface area contributed by atoms with E-state index >= 15 is 0 Å². The first-order valence-electron chi connectivity index (χ1n) is 4.80. The fraction of sp³-hybridized carbons (Fsp3) is 0.400. The second-order valence-corrected chi connectivity index (χ2v) is 3.47. The van der Waals surface area contributed by atoms with E-state index in [1.165, 1.54) is 19.3 Å². The number of carboxylic acids is 1. The molecule has 1 unspecified atom stereocenters. The van der Waals surface area contributed by atoms with Crippen molar-refractivity contribution in [1.82, 2.24) is 15.3 Å². The first-order valence-corrected chi connectivity index (χ1v) is 4.80. The van der Waals surface area contributed by atoms with Crippen LogP contribution in [-0.4, -0.2) is 33.5 Å². The van der Waals surface area contributed by atoms with E-state index < -0.39 is 11.9 Å². The predicted molar refractivity (Wildman–Crippen MR) is 55.9 cm³/mol. The zero-order valence-electron chi connectivity index (χ0n) is 9.10. The molecule has 0 bridgehead atoms. The lowest BCUT2D eigenvalue weighted by molar-refractivity contribution is -0.140. The lowest BCUT2D eigenvalue weighted by Gasteiger charge is -2.07. The van der Waals surface area contributed by atoms with Gasteiger partial charge in [0.15, 0.2) is 0 Å². The highest BCUT2D eigenvalue weighted by Crippen LogP contribution is 1.97. The fourth-order valence-electron chi connectivity index (χ4n) is 0.945. The van der Waals surface area contributed by atoms with Gasteiger partial charge in [-0.3, -0.25) is 9.59 Å². The Labute approximate surface area is 92.7 Å². The van der Waals surface area contributed by atoms with Crippen LogP contribution in [0.3, 0.4) is 0 Å². The number of hydrogen-bond acceptors (Lipinski definition) is 4. The first-order chi connectivity index (χ1) is 7.50. The molecule has 0 saturated carbocycles. The number of rotatable bonds is 4. The summed E-state index contributed by atoms with van der Waals surface area (Å²) in [5.74, 6) is -1.35. The summed E-state index contributed by atoms with van der Waals surface area (Å²) in [5, 5.41) is 11.1. The normalized spacial score (nSPS) is 11.9. The van der Waals surface area contributed by atoms with Crippen molar-refractivity contribution in [3.63, 3.8) is 0 Å². The van der Waals surface area contributed by atoms with Crippen molar-refractivity contribution in [2.45, 2.75) is 13.8 Å². The Morgan fingerprint density at radius 3 is 2.50 bits per heavy atom. The third-order valence-corrected chi connectivity index (χ3v) is 2.03. The van der Waals surface area contributed by atoms with Crippen LogP contribution in [0.5, 0.6) is 0 Å². The molecule has 0 aliphatic carbocycles. The highest BCUT2D eigenvalue weighted by molar-refractivity contribution is 5.93. The van der Waals surface area contributed by atoms with E-state index in [1.54, 1.807) is 6.92 Å². The second-order valence-electron chi connectivity index (χ2n) is 3.47. The van der Waals surface area contributed by atoms with Gasteiger partial charge in [-0.15, -0.1) is 0 Å². The summed E-state index contributed by atoms with van der Waals surface area (Å²) in [5.41, 5.74) is 0.322. The highest BCUT2D eigenvalue weighted by Gasteiger charge is 2.13. The fourth-order valence-corrected chi connectivity index (χ4v) is 0.945. The largest absolute Gasteiger partial charge is 0.481 e. The van der Waals surface area contributed by atoms with Crippen molar-refractivity contribution >= 4 is 11.9 Å². The molecule has 86 valence electrons. The molecule has 0 aliphatic rings. The van der Waals surface area contributed by atoms with Gasteiger partial charge in [0.2, 0.25) is 0 Å². The maximum absolute atomic E-state index is 11.5. The SMILES string of the molecule is Cc1ncc(C(=O)NCC(C)C(=O)O)cn1. The van der Waals surface area contributed by atoms with Gasteiger partial charge >= 0.3 is 5.97 Å². The Kier molecular flexibility index (Phi) is 3.93. The summed E-state index contributed by atoms with van der Waals surface area (Å²) in [4.78, 5) is 29.8. The number of carboxylic acid groups (broad SMARTS) is 1. The number of amides is 1. The minimum atomic E-state index is -0.944. The standard InChI is InChI=1S/C10H13N3O3/c1-6(10(15)16)3-13-9(14)8-4-11-7(2)12-5-8/h4-6H,3H2,1-2H3,(H,13,14)(H,15,16). The van der Waals surface area contributed by atoms with Gasteiger partial charge in [-0.2, -0.15) is 0 Å². The molecule has 16 heavy (non-hydrogen) atoms. The quantitative estimate of drug-likeness (QED) is 0.762. The monoisotopic (exact) mass is 223 g/mol. The molecule has 0 spiro atoms. The molecule has 1 aromatic rings. The number of aromatic nitrogens is 2. The van der Waals surface area contributed by atoms with Crippen LogP contribution in [0.1, 0.15) is 23.1 Å². The summed E-state index contributed by atoms with van der Waals surface area (Å²) < 4.78 is 0. The minimum Gasteiger partial charge on any atom is -0.481 e. The van der Waals surface area contributed by atoms with Crippen LogP contribution in [0.4, 0.5) is 0 Å². The van der Waals surface area contributed by atoms with Gasteiger partial charge in [-0.1, -0.05) is 6.92 Å². The van der Waals surface area contributed by atoms with E-state index in [-0.39, 0.29) is 12.5 Å². The van der Waals surface area contributed by atoms with Crippen molar-refractivity contribution in [3.8, 4) is 0 Å². The van der Waals surface area contributed by atoms with Crippen LogP contribution in [0.25, 0.3) is 0 Å². The van der Waals surface area contributed by atoms with Crippen LogP contribution in [0, 0.1) is 12.8 Å². The zero-order chi connectivity index (χ0) is 12.1. The molecule has 0 aliphatic heterocycles. The number of aliphatic carboxylic acids is 1. The summed E-state index contributed by atoms with van der Waals surface area (Å²) in [6.07, 6.45) is 2.81. The molecule has 0 radical (unpaired) electrons. The van der Waals surface area contributed by atoms with Crippen LogP contribution in [0.15, 0.2) is 12.4 Å². The van der Waals surface area contributed by atoms with E-state index in [0.29, 0.717) is 11.4 Å². The first kappa shape index (κ1) is 12.1. The molecule has 1 amide bonds. The predicted octanol–water partition coefficient (Wildman–Crippen LogP) is 0.236. The van der Waals surface area contributed by atoms with Gasteiger partial charge < -0.3 is 10.4 Å². The minimum absolute atomic E-state index is 0.0854. The molecule has 2 N–H and O–H groups in total. The number of carbonyl (C=O) groups excluding carboxylic acids is 1. The van der Waals surface area contributed by atoms with Crippen LogP contribution >= 0.6 is 0 Å². The van der Waals surface area contributed by atoms with E-state index in [1.807, 2.05) is 0 Å². The highest BCUT2D eigenvalue weighted by atomic mass is 16.4. The van der Waals surface area contributed by atoms with E-state index in [2.05, 4.69) is 15.3 Å². The average molecular weight is 223 g/mol. The zero-order valence-corrected chi connectivity index (χ0v) is 9.10. The summed E-state index contributed by atoms with van der Waals surface area (Å²) in [6, 6.07) is 0. The maximum Gasteiger partial charge on any atom is 0.308 e. The second kappa shape index (κ2) is 5.20. The maximum atomic E-state index is 11.5. The molecule has 1 heterocycles. The molecule has 6 nitrogen and oxygen atoms in total. The Bertz CT molecular complexity index is 389. The number of carbonyl (C=O) groups is 2. The van der Waals surface area contributed by atoms with Crippen molar-refractivity contribution in [1.29, 1.82) is 0 Å². The Hall–Kier alpha value is -1.98. The van der Waals surface area contributed by atoms with Crippen molar-refractivity contribution in [3.05, 3.63) is 23.8 Å². The number of hydrogen-bond donors (Lipinski definition) is 2. The van der Waals surface area contributed by atoms with Crippen molar-refractivity contribution in [2.24, 2.45) is 5.92 Å². The molecular formula is C10H13N3O3. The summed E-state index contributed by atoms with van der Waals surface area (Å²) >= 11 is 0. The van der Waals surface area contributed by atoms with Gasteiger partial charge in [0, 0.05) is 18.9 Å². The van der Waals surface area contributed by atoms with Crippen molar-refractivity contribution < 1.29 is 14.7 Å². The number of nitrogens with one attached hydrogen (secondary N) is 1. The molecule has 1 aromatic heterocycles. The Balaban J connectivity index is 2.53. The molecule has 0 saturated heterocycles. The van der Waals surface area contributed by atoms with Crippen molar-refractivity contribution in [2.75, 3.05) is 6.54 Å². The molecule has 1 rings (SSSR count). The number of aryl methyl sites for hydroxylation is 1. The third kappa shape index (κ3) is 3.30. The summed E-state index contributed by atoms with van der Waals surface area (Å²) in [6.45, 7) is 3.32. The van der Waals surface area contributed by atoms with Gasteiger partial charge in [0.1, 0.15) is 5.82 Å². The number of nitrogens with zero attached hydrogens (tertiary/aromatic N) is 2. The van der Waals surface area contributed by atoms with Crippen LogP contribution in [0.2, 0.25) is 0 Å². The lowest BCUT2D eigenvalue weighted by atomic mass is 10.2. The van der Waals surface area contributed by atoms with Crippen LogP contribution < -0.4 is 5.32 Å². The average Bonchev–Trinajstić information content (AvgIpc) is 2.26. The molecular weight excluding hydrogens is 210 g/mol. The third-order valence-electron chi connectivity index (χ3n) is 2.03.